The molecule has 0 saturated carbocycles. The third-order valence-corrected chi connectivity index (χ3v) is 4.12. The van der Waals surface area contributed by atoms with Crippen LogP contribution in [0.15, 0.2) is 42.5 Å². The molecular formula is C17H20INO. The fraction of sp³-hybridized carbons (Fsp3) is 0.353. The number of rotatable bonds is 7. The van der Waals surface area contributed by atoms with Gasteiger partial charge in [-0.1, -0.05) is 65.8 Å². The van der Waals surface area contributed by atoms with E-state index in [9.17, 15) is 4.79 Å². The van der Waals surface area contributed by atoms with Crippen LogP contribution in [0.5, 0.6) is 0 Å². The van der Waals surface area contributed by atoms with Crippen LogP contribution < -0.4 is 5.32 Å². The van der Waals surface area contributed by atoms with Gasteiger partial charge in [0.2, 0.25) is 0 Å². The molecule has 0 aliphatic rings. The Labute approximate surface area is 134 Å². The molecule has 0 spiro atoms. The molecule has 0 unspecified atom stereocenters. The first kappa shape index (κ1) is 15.3. The minimum Gasteiger partial charge on any atom is -0.352 e. The Balaban J connectivity index is 1.84. The third-order valence-electron chi connectivity index (χ3n) is 3.36. The summed E-state index contributed by atoms with van der Waals surface area (Å²) in [6.45, 7) is 0.771. The second-order valence-corrected chi connectivity index (χ2v) is 6.00. The van der Waals surface area contributed by atoms with Crippen molar-refractivity contribution >= 4 is 39.3 Å². The molecule has 0 bridgehead atoms. The highest BCUT2D eigenvalue weighted by atomic mass is 127. The van der Waals surface area contributed by atoms with Crippen molar-refractivity contribution in [3.63, 3.8) is 0 Å². The quantitative estimate of drug-likeness (QED) is 0.425. The summed E-state index contributed by atoms with van der Waals surface area (Å²) in [5.41, 5.74) is 0.746. The first-order valence-electron chi connectivity index (χ1n) is 7.14. The smallest absolute Gasteiger partial charge is 0.251 e. The number of carbonyl (C=O) groups is 1. The summed E-state index contributed by atoms with van der Waals surface area (Å²) in [7, 11) is 0. The molecule has 20 heavy (non-hydrogen) atoms. The molecule has 3 heteroatoms. The van der Waals surface area contributed by atoms with Crippen molar-refractivity contribution in [1.29, 1.82) is 0 Å². The van der Waals surface area contributed by atoms with Crippen molar-refractivity contribution in [2.75, 3.05) is 11.0 Å². The Kier molecular flexibility index (Phi) is 6.30. The van der Waals surface area contributed by atoms with Crippen molar-refractivity contribution in [2.24, 2.45) is 0 Å². The summed E-state index contributed by atoms with van der Waals surface area (Å²) in [5.74, 6) is 0.0321. The summed E-state index contributed by atoms with van der Waals surface area (Å²) >= 11 is 2.40. The van der Waals surface area contributed by atoms with E-state index in [-0.39, 0.29) is 5.91 Å². The lowest BCUT2D eigenvalue weighted by atomic mass is 10.1. The minimum atomic E-state index is 0.0321. The number of carbonyl (C=O) groups excluding carboxylic acids is 1. The van der Waals surface area contributed by atoms with Gasteiger partial charge in [-0.05, 0) is 40.2 Å². The highest BCUT2D eigenvalue weighted by Gasteiger charge is 2.05. The predicted molar refractivity (Wildman–Crippen MR) is 93.6 cm³/mol. The highest BCUT2D eigenvalue weighted by Crippen LogP contribution is 2.15. The fourth-order valence-electron chi connectivity index (χ4n) is 2.21. The Morgan fingerprint density at radius 1 is 0.950 bits per heavy atom. The third kappa shape index (κ3) is 4.47. The molecule has 0 fully saturated rings. The van der Waals surface area contributed by atoms with E-state index >= 15 is 0 Å². The van der Waals surface area contributed by atoms with Gasteiger partial charge in [-0.2, -0.15) is 0 Å². The molecule has 0 saturated heterocycles. The topological polar surface area (TPSA) is 29.1 Å². The number of alkyl halides is 1. The molecule has 0 aliphatic heterocycles. The first-order valence-corrected chi connectivity index (χ1v) is 8.67. The lowest BCUT2D eigenvalue weighted by Crippen LogP contribution is -2.24. The van der Waals surface area contributed by atoms with Crippen LogP contribution in [0.4, 0.5) is 0 Å². The van der Waals surface area contributed by atoms with E-state index < -0.39 is 0 Å². The monoisotopic (exact) mass is 381 g/mol. The van der Waals surface area contributed by atoms with Gasteiger partial charge in [-0.15, -0.1) is 0 Å². The van der Waals surface area contributed by atoms with Crippen LogP contribution in [0.3, 0.4) is 0 Å². The van der Waals surface area contributed by atoms with Crippen molar-refractivity contribution in [1.82, 2.24) is 5.32 Å². The molecule has 0 heterocycles. The lowest BCUT2D eigenvalue weighted by Gasteiger charge is -2.06. The van der Waals surface area contributed by atoms with Crippen molar-refractivity contribution < 1.29 is 4.79 Å². The first-order chi connectivity index (χ1) is 9.81. The molecule has 1 N–H and O–H groups in total. The number of hydrogen-bond donors (Lipinski definition) is 1. The van der Waals surface area contributed by atoms with Crippen molar-refractivity contribution in [2.45, 2.75) is 25.7 Å². The van der Waals surface area contributed by atoms with Gasteiger partial charge in [0.15, 0.2) is 0 Å². The zero-order valence-corrected chi connectivity index (χ0v) is 13.7. The number of nitrogens with one attached hydrogen (secondary N) is 1. The van der Waals surface area contributed by atoms with E-state index in [1.54, 1.807) is 0 Å². The number of hydrogen-bond acceptors (Lipinski definition) is 1. The van der Waals surface area contributed by atoms with E-state index in [4.69, 9.17) is 0 Å². The Morgan fingerprint density at radius 3 is 2.50 bits per heavy atom. The number of fused-ring (bicyclic) bond motifs is 1. The molecule has 0 atom stereocenters. The normalized spacial score (nSPS) is 10.7. The van der Waals surface area contributed by atoms with Crippen LogP contribution >= 0.6 is 22.6 Å². The zero-order valence-electron chi connectivity index (χ0n) is 11.6. The van der Waals surface area contributed by atoms with Crippen LogP contribution in [0.2, 0.25) is 0 Å². The summed E-state index contributed by atoms with van der Waals surface area (Å²) < 4.78 is 1.22. The molecule has 0 aromatic heterocycles. The summed E-state index contributed by atoms with van der Waals surface area (Å²) in [5, 5.41) is 5.28. The van der Waals surface area contributed by atoms with Crippen LogP contribution in [-0.2, 0) is 0 Å². The zero-order chi connectivity index (χ0) is 14.2. The maximum Gasteiger partial charge on any atom is 0.251 e. The van der Waals surface area contributed by atoms with E-state index in [0.717, 1.165) is 23.9 Å². The molecule has 2 aromatic carbocycles. The van der Waals surface area contributed by atoms with Crippen molar-refractivity contribution in [3.05, 3.63) is 48.0 Å². The predicted octanol–water partition coefficient (Wildman–Crippen LogP) is 4.57. The highest BCUT2D eigenvalue weighted by molar-refractivity contribution is 14.1. The molecule has 1 amide bonds. The van der Waals surface area contributed by atoms with Gasteiger partial charge in [0.1, 0.15) is 0 Å². The van der Waals surface area contributed by atoms with Crippen molar-refractivity contribution in [3.8, 4) is 0 Å². The van der Waals surface area contributed by atoms with Gasteiger partial charge < -0.3 is 5.32 Å². The fourth-order valence-corrected chi connectivity index (χ4v) is 2.75. The summed E-state index contributed by atoms with van der Waals surface area (Å²) in [6, 6.07) is 14.0. The van der Waals surface area contributed by atoms with Crippen LogP contribution in [0, 0.1) is 0 Å². The molecule has 2 aromatic rings. The number of benzene rings is 2. The Bertz CT molecular complexity index is 568. The number of unbranched alkanes of at least 4 members (excludes halogenated alkanes) is 3. The summed E-state index contributed by atoms with van der Waals surface area (Å²) in [6.07, 6.45) is 4.80. The molecule has 106 valence electrons. The summed E-state index contributed by atoms with van der Waals surface area (Å²) in [4.78, 5) is 12.1. The Morgan fingerprint density at radius 2 is 1.70 bits per heavy atom. The number of amides is 1. The van der Waals surface area contributed by atoms with Crippen LogP contribution in [-0.4, -0.2) is 16.9 Å². The van der Waals surface area contributed by atoms with E-state index in [2.05, 4.69) is 34.0 Å². The SMILES string of the molecule is O=C(NCCCCCCI)c1ccc2ccccc2c1. The van der Waals surface area contributed by atoms with Gasteiger partial charge in [0.25, 0.3) is 5.91 Å². The van der Waals surface area contributed by atoms with Gasteiger partial charge in [0.05, 0.1) is 0 Å². The maximum absolute atomic E-state index is 12.1. The van der Waals surface area contributed by atoms with Gasteiger partial charge in [-0.3, -0.25) is 4.79 Å². The molecule has 0 aliphatic carbocycles. The second kappa shape index (κ2) is 8.25. The maximum atomic E-state index is 12.1. The second-order valence-electron chi connectivity index (χ2n) is 4.92. The molecular weight excluding hydrogens is 361 g/mol. The van der Waals surface area contributed by atoms with E-state index in [1.807, 2.05) is 36.4 Å². The van der Waals surface area contributed by atoms with E-state index in [1.165, 1.54) is 29.1 Å². The minimum absolute atomic E-state index is 0.0321. The molecule has 2 rings (SSSR count). The largest absolute Gasteiger partial charge is 0.352 e. The molecule has 0 radical (unpaired) electrons. The average molecular weight is 381 g/mol. The number of halogens is 1. The van der Waals surface area contributed by atoms with E-state index in [0.29, 0.717) is 0 Å². The van der Waals surface area contributed by atoms with Gasteiger partial charge in [-0.25, -0.2) is 0 Å². The van der Waals surface area contributed by atoms with Gasteiger partial charge >= 0.3 is 0 Å². The van der Waals surface area contributed by atoms with Gasteiger partial charge in [0, 0.05) is 12.1 Å². The van der Waals surface area contributed by atoms with Crippen LogP contribution in [0.25, 0.3) is 10.8 Å². The average Bonchev–Trinajstić information content (AvgIpc) is 2.50. The van der Waals surface area contributed by atoms with Crippen LogP contribution in [0.1, 0.15) is 36.0 Å². The lowest BCUT2D eigenvalue weighted by molar-refractivity contribution is 0.0953. The standard InChI is InChI=1S/C17H20INO/c18-11-5-1-2-6-12-19-17(20)16-10-9-14-7-3-4-8-15(14)13-16/h3-4,7-10,13H,1-2,5-6,11-12H2,(H,19,20). The Hall–Kier alpha value is -1.10. The molecule has 2 nitrogen and oxygen atoms in total.